The lowest BCUT2D eigenvalue weighted by atomic mass is 9.94. The van der Waals surface area contributed by atoms with Crippen LogP contribution in [-0.4, -0.2) is 0 Å². The topological polar surface area (TPSA) is 0 Å². The molecule has 0 radical (unpaired) electrons. The van der Waals surface area contributed by atoms with Crippen molar-refractivity contribution in [3.63, 3.8) is 0 Å². The summed E-state index contributed by atoms with van der Waals surface area (Å²) in [7, 11) is 0. The van der Waals surface area contributed by atoms with Gasteiger partial charge in [-0.15, -0.1) is 0 Å². The highest BCUT2D eigenvalue weighted by molar-refractivity contribution is 5.39. The molecule has 0 unspecified atom stereocenters. The van der Waals surface area contributed by atoms with Gasteiger partial charge in [0.25, 0.3) is 0 Å². The van der Waals surface area contributed by atoms with Gasteiger partial charge in [0.1, 0.15) is 0 Å². The van der Waals surface area contributed by atoms with Crippen LogP contribution >= 0.6 is 0 Å². The zero-order valence-electron chi connectivity index (χ0n) is 16.3. The molecule has 23 heavy (non-hydrogen) atoms. The van der Waals surface area contributed by atoms with Crippen LogP contribution in [-0.2, 0) is 6.42 Å². The van der Waals surface area contributed by atoms with Crippen LogP contribution in [0.2, 0.25) is 0 Å². The van der Waals surface area contributed by atoms with E-state index in [1.54, 1.807) is 5.56 Å². The fourth-order valence-electron chi connectivity index (χ4n) is 3.54. The lowest BCUT2D eigenvalue weighted by molar-refractivity contribution is 0.544. The van der Waals surface area contributed by atoms with Crippen molar-refractivity contribution in [2.24, 2.45) is 0 Å². The summed E-state index contributed by atoms with van der Waals surface area (Å²) in [6.07, 6.45) is 18.5. The number of benzene rings is 1. The van der Waals surface area contributed by atoms with E-state index in [4.69, 9.17) is 0 Å². The Morgan fingerprint density at radius 2 is 1.00 bits per heavy atom. The van der Waals surface area contributed by atoms with Crippen molar-refractivity contribution >= 4 is 0 Å². The van der Waals surface area contributed by atoms with Gasteiger partial charge < -0.3 is 0 Å². The van der Waals surface area contributed by atoms with Crippen molar-refractivity contribution in [2.45, 2.75) is 111 Å². The third-order valence-corrected chi connectivity index (χ3v) is 5.38. The number of rotatable bonds is 13. The Morgan fingerprint density at radius 1 is 0.565 bits per heavy atom. The molecule has 0 spiro atoms. The fourth-order valence-corrected chi connectivity index (χ4v) is 3.54. The maximum absolute atomic E-state index is 2.29. The van der Waals surface area contributed by atoms with Crippen molar-refractivity contribution in [2.75, 3.05) is 0 Å². The normalized spacial score (nSPS) is 11.1. The van der Waals surface area contributed by atoms with E-state index in [-0.39, 0.29) is 0 Å². The van der Waals surface area contributed by atoms with E-state index in [0.29, 0.717) is 0 Å². The smallest absolute Gasteiger partial charge is 0.0274 e. The SMILES string of the molecule is CCCCCCCCCCCCCCc1c(C)ccc(C)c1C. The average molecular weight is 317 g/mol. The van der Waals surface area contributed by atoms with Crippen molar-refractivity contribution < 1.29 is 0 Å². The van der Waals surface area contributed by atoms with Crippen LogP contribution in [0.25, 0.3) is 0 Å². The van der Waals surface area contributed by atoms with Crippen molar-refractivity contribution in [1.82, 2.24) is 0 Å². The minimum atomic E-state index is 1.27. The van der Waals surface area contributed by atoms with Crippen molar-refractivity contribution in [1.29, 1.82) is 0 Å². The van der Waals surface area contributed by atoms with Crippen LogP contribution in [0.4, 0.5) is 0 Å². The molecule has 132 valence electrons. The lowest BCUT2D eigenvalue weighted by Gasteiger charge is -2.12. The van der Waals surface area contributed by atoms with E-state index in [2.05, 4.69) is 39.8 Å². The summed E-state index contributed by atoms with van der Waals surface area (Å²) in [4.78, 5) is 0. The van der Waals surface area contributed by atoms with Gasteiger partial charge in [-0.25, -0.2) is 0 Å². The monoisotopic (exact) mass is 316 g/mol. The molecule has 0 heteroatoms. The summed E-state index contributed by atoms with van der Waals surface area (Å²) in [6.45, 7) is 9.09. The Bertz CT molecular complexity index is 416. The van der Waals surface area contributed by atoms with E-state index in [1.807, 2.05) is 0 Å². The van der Waals surface area contributed by atoms with Crippen LogP contribution in [0.3, 0.4) is 0 Å². The molecule has 0 aliphatic heterocycles. The molecule has 0 atom stereocenters. The summed E-state index contributed by atoms with van der Waals surface area (Å²) in [5, 5.41) is 0. The second-order valence-electron chi connectivity index (χ2n) is 7.44. The maximum atomic E-state index is 2.29. The zero-order valence-corrected chi connectivity index (χ0v) is 16.3. The molecule has 1 aromatic carbocycles. The zero-order chi connectivity index (χ0) is 16.9. The molecule has 0 nitrogen and oxygen atoms in total. The molecule has 0 N–H and O–H groups in total. The molecule has 0 fully saturated rings. The molecule has 0 bridgehead atoms. The van der Waals surface area contributed by atoms with Gasteiger partial charge in [0.05, 0.1) is 0 Å². The first-order valence-electron chi connectivity index (χ1n) is 10.2. The van der Waals surface area contributed by atoms with Gasteiger partial charge in [-0.3, -0.25) is 0 Å². The first-order chi connectivity index (χ1) is 11.2. The largest absolute Gasteiger partial charge is 0.0654 e. The molecule has 0 aromatic heterocycles. The highest BCUT2D eigenvalue weighted by Gasteiger charge is 2.04. The first-order valence-corrected chi connectivity index (χ1v) is 10.2. The van der Waals surface area contributed by atoms with E-state index in [9.17, 15) is 0 Å². The van der Waals surface area contributed by atoms with Gasteiger partial charge in [-0.2, -0.15) is 0 Å². The minimum Gasteiger partial charge on any atom is -0.0654 e. The Kier molecular flexibility index (Phi) is 11.1. The van der Waals surface area contributed by atoms with Gasteiger partial charge in [0, 0.05) is 0 Å². The predicted octanol–water partition coefficient (Wildman–Crippen LogP) is 7.86. The van der Waals surface area contributed by atoms with E-state index in [1.165, 1.54) is 100 Å². The van der Waals surface area contributed by atoms with Crippen molar-refractivity contribution in [3.05, 3.63) is 34.4 Å². The van der Waals surface area contributed by atoms with Gasteiger partial charge >= 0.3 is 0 Å². The van der Waals surface area contributed by atoms with E-state index in [0.717, 1.165) is 0 Å². The molecule has 1 aromatic rings. The highest BCUT2D eigenvalue weighted by atomic mass is 14.1. The van der Waals surface area contributed by atoms with Crippen LogP contribution in [0.5, 0.6) is 0 Å². The van der Waals surface area contributed by atoms with Gasteiger partial charge in [0.15, 0.2) is 0 Å². The fraction of sp³-hybridized carbons (Fsp3) is 0.739. The van der Waals surface area contributed by atoms with E-state index >= 15 is 0 Å². The predicted molar refractivity (Wildman–Crippen MR) is 105 cm³/mol. The Morgan fingerprint density at radius 3 is 1.52 bits per heavy atom. The summed E-state index contributed by atoms with van der Waals surface area (Å²) < 4.78 is 0. The second-order valence-corrected chi connectivity index (χ2v) is 7.44. The summed E-state index contributed by atoms with van der Waals surface area (Å²) in [5.41, 5.74) is 6.06. The Hall–Kier alpha value is -0.780. The number of hydrogen-bond acceptors (Lipinski definition) is 0. The third kappa shape index (κ3) is 8.58. The minimum absolute atomic E-state index is 1.27. The molecular weight excluding hydrogens is 276 g/mol. The Labute approximate surface area is 146 Å². The number of hydrogen-bond donors (Lipinski definition) is 0. The number of aryl methyl sites for hydroxylation is 2. The molecule has 0 aliphatic carbocycles. The van der Waals surface area contributed by atoms with Gasteiger partial charge in [0.2, 0.25) is 0 Å². The van der Waals surface area contributed by atoms with Crippen molar-refractivity contribution in [3.8, 4) is 0 Å². The first kappa shape index (κ1) is 20.3. The van der Waals surface area contributed by atoms with E-state index < -0.39 is 0 Å². The molecular formula is C23H40. The van der Waals surface area contributed by atoms with Crippen LogP contribution in [0, 0.1) is 20.8 Å². The molecule has 0 saturated carbocycles. The van der Waals surface area contributed by atoms with Crippen LogP contribution in [0.1, 0.15) is 106 Å². The second kappa shape index (κ2) is 12.6. The average Bonchev–Trinajstić information content (AvgIpc) is 2.55. The van der Waals surface area contributed by atoms with Gasteiger partial charge in [-0.1, -0.05) is 89.7 Å². The molecule has 0 saturated heterocycles. The molecule has 0 amide bonds. The third-order valence-electron chi connectivity index (χ3n) is 5.38. The summed E-state index contributed by atoms with van der Waals surface area (Å²) in [6, 6.07) is 4.55. The standard InChI is InChI=1S/C23H40/c1-5-6-7-8-9-10-11-12-13-14-15-16-17-23-21(3)19-18-20(2)22(23)4/h18-19H,5-17H2,1-4H3. The lowest BCUT2D eigenvalue weighted by Crippen LogP contribution is -1.96. The quantitative estimate of drug-likeness (QED) is 0.325. The maximum Gasteiger partial charge on any atom is -0.0274 e. The summed E-state index contributed by atoms with van der Waals surface area (Å²) in [5.74, 6) is 0. The van der Waals surface area contributed by atoms with Crippen LogP contribution < -0.4 is 0 Å². The number of unbranched alkanes of at least 4 members (excludes halogenated alkanes) is 11. The van der Waals surface area contributed by atoms with Gasteiger partial charge in [-0.05, 0) is 55.9 Å². The molecule has 0 heterocycles. The van der Waals surface area contributed by atoms with Crippen LogP contribution in [0.15, 0.2) is 12.1 Å². The Balaban J connectivity index is 1.99. The highest BCUT2D eigenvalue weighted by Crippen LogP contribution is 2.20. The summed E-state index contributed by atoms with van der Waals surface area (Å²) >= 11 is 0. The molecule has 1 rings (SSSR count). The molecule has 0 aliphatic rings.